The van der Waals surface area contributed by atoms with E-state index in [0.717, 1.165) is 0 Å². The lowest BCUT2D eigenvalue weighted by molar-refractivity contribution is -0.115. The molecule has 5 nitrogen and oxygen atoms in total. The Balaban J connectivity index is 1.95. The first-order valence-electron chi connectivity index (χ1n) is 7.45. The summed E-state index contributed by atoms with van der Waals surface area (Å²) in [5.41, 5.74) is 1.13. The van der Waals surface area contributed by atoms with Gasteiger partial charge in [0.25, 0.3) is 0 Å². The van der Waals surface area contributed by atoms with Crippen molar-refractivity contribution in [2.75, 3.05) is 11.9 Å². The van der Waals surface area contributed by atoms with Gasteiger partial charge in [-0.1, -0.05) is 30.1 Å². The average molecular weight is 380 g/mol. The van der Waals surface area contributed by atoms with E-state index in [2.05, 4.69) is 5.32 Å². The lowest BCUT2D eigenvalue weighted by Gasteiger charge is -2.07. The number of halogens is 2. The minimum atomic E-state index is -0.690. The van der Waals surface area contributed by atoms with Crippen molar-refractivity contribution in [2.24, 2.45) is 0 Å². The summed E-state index contributed by atoms with van der Waals surface area (Å²) in [5, 5.41) is 3.28. The summed E-state index contributed by atoms with van der Waals surface area (Å²) in [6, 6.07) is 10.6. The van der Waals surface area contributed by atoms with Crippen LogP contribution in [0.25, 0.3) is 0 Å². The van der Waals surface area contributed by atoms with Gasteiger partial charge >= 0.3 is 5.97 Å². The van der Waals surface area contributed by atoms with Gasteiger partial charge in [-0.3, -0.25) is 9.59 Å². The number of hydrogen-bond donors (Lipinski definition) is 1. The number of nitrogens with one attached hydrogen (secondary N) is 1. The lowest BCUT2D eigenvalue weighted by Crippen LogP contribution is -2.14. The van der Waals surface area contributed by atoms with Gasteiger partial charge in [0, 0.05) is 27.7 Å². The molecule has 2 aromatic rings. The van der Waals surface area contributed by atoms with Crippen molar-refractivity contribution >= 4 is 46.5 Å². The van der Waals surface area contributed by atoms with Crippen LogP contribution in [0.15, 0.2) is 42.5 Å². The van der Waals surface area contributed by atoms with Gasteiger partial charge in [0.1, 0.15) is 0 Å². The maximum absolute atomic E-state index is 12.1. The normalized spacial score (nSPS) is 10.2. The van der Waals surface area contributed by atoms with Crippen molar-refractivity contribution < 1.29 is 19.1 Å². The van der Waals surface area contributed by atoms with Crippen LogP contribution in [0.5, 0.6) is 0 Å². The molecule has 0 aliphatic rings. The van der Waals surface area contributed by atoms with E-state index in [0.29, 0.717) is 27.7 Å². The van der Waals surface area contributed by atoms with Crippen LogP contribution in [0.4, 0.5) is 5.69 Å². The van der Waals surface area contributed by atoms with Gasteiger partial charge < -0.3 is 10.1 Å². The molecule has 1 N–H and O–H groups in total. The first-order chi connectivity index (χ1) is 11.9. The largest absolute Gasteiger partial charge is 0.454 e. The molecule has 0 heterocycles. The number of hydrogen-bond acceptors (Lipinski definition) is 4. The molecule has 130 valence electrons. The molecule has 0 aromatic heterocycles. The number of benzene rings is 2. The van der Waals surface area contributed by atoms with E-state index in [1.807, 2.05) is 0 Å². The van der Waals surface area contributed by atoms with Crippen LogP contribution < -0.4 is 5.32 Å². The number of ether oxygens (including phenoxy) is 1. The fourth-order valence-electron chi connectivity index (χ4n) is 1.96. The van der Waals surface area contributed by atoms with Crippen LogP contribution in [0.2, 0.25) is 10.0 Å². The standard InChI is InChI=1S/C18H15Cl2NO4/c1-2-17(23)21-15-5-3-11(4-6-15)16(22)10-25-18(24)12-7-13(19)9-14(20)8-12/h3-9H,2,10H2,1H3,(H,21,23). The van der Waals surface area contributed by atoms with Gasteiger partial charge in [-0.15, -0.1) is 0 Å². The molecular weight excluding hydrogens is 365 g/mol. The summed E-state index contributed by atoms with van der Waals surface area (Å²) in [6.45, 7) is 1.33. The Hall–Kier alpha value is -2.37. The topological polar surface area (TPSA) is 72.5 Å². The molecule has 0 saturated heterocycles. The zero-order chi connectivity index (χ0) is 18.4. The number of amides is 1. The van der Waals surface area contributed by atoms with Crippen molar-refractivity contribution in [1.29, 1.82) is 0 Å². The van der Waals surface area contributed by atoms with Gasteiger partial charge in [0.05, 0.1) is 5.56 Å². The van der Waals surface area contributed by atoms with Crippen molar-refractivity contribution in [3.8, 4) is 0 Å². The quantitative estimate of drug-likeness (QED) is 0.596. The Morgan fingerprint density at radius 3 is 2.12 bits per heavy atom. The number of anilines is 1. The van der Waals surface area contributed by atoms with E-state index in [4.69, 9.17) is 27.9 Å². The van der Waals surface area contributed by atoms with Crippen LogP contribution >= 0.6 is 23.2 Å². The number of carbonyl (C=O) groups excluding carboxylic acids is 3. The molecule has 0 spiro atoms. The maximum atomic E-state index is 12.1. The third-order valence-corrected chi connectivity index (χ3v) is 3.68. The summed E-state index contributed by atoms with van der Waals surface area (Å²) in [7, 11) is 0. The van der Waals surface area contributed by atoms with Gasteiger partial charge in [-0.2, -0.15) is 0 Å². The summed E-state index contributed by atoms with van der Waals surface area (Å²) >= 11 is 11.6. The number of rotatable bonds is 6. The summed E-state index contributed by atoms with van der Waals surface area (Å²) in [5.74, 6) is -1.17. The molecule has 0 saturated carbocycles. The molecule has 25 heavy (non-hydrogen) atoms. The SMILES string of the molecule is CCC(=O)Nc1ccc(C(=O)COC(=O)c2cc(Cl)cc(Cl)c2)cc1. The number of Topliss-reactive ketones (excluding diaryl/α,β-unsaturated/α-hetero) is 1. The van der Waals surface area contributed by atoms with E-state index < -0.39 is 12.6 Å². The molecule has 2 aromatic carbocycles. The Bertz CT molecular complexity index is 783. The molecule has 1 amide bonds. The highest BCUT2D eigenvalue weighted by atomic mass is 35.5. The van der Waals surface area contributed by atoms with Gasteiger partial charge in [-0.25, -0.2) is 4.79 Å². The zero-order valence-electron chi connectivity index (χ0n) is 13.3. The van der Waals surface area contributed by atoms with Crippen molar-refractivity contribution in [3.05, 3.63) is 63.6 Å². The van der Waals surface area contributed by atoms with Crippen molar-refractivity contribution in [2.45, 2.75) is 13.3 Å². The lowest BCUT2D eigenvalue weighted by atomic mass is 10.1. The van der Waals surface area contributed by atoms with E-state index in [1.54, 1.807) is 31.2 Å². The second-order valence-corrected chi connectivity index (χ2v) is 6.01. The number of carbonyl (C=O) groups is 3. The summed E-state index contributed by atoms with van der Waals surface area (Å²) in [6.07, 6.45) is 0.365. The third-order valence-electron chi connectivity index (χ3n) is 3.24. The highest BCUT2D eigenvalue weighted by Crippen LogP contribution is 2.19. The minimum Gasteiger partial charge on any atom is -0.454 e. The number of esters is 1. The molecule has 0 fully saturated rings. The van der Waals surface area contributed by atoms with Crippen molar-refractivity contribution in [3.63, 3.8) is 0 Å². The molecule has 0 radical (unpaired) electrons. The first kappa shape index (κ1) is 19.0. The molecule has 0 unspecified atom stereocenters. The van der Waals surface area contributed by atoms with E-state index in [-0.39, 0.29) is 17.3 Å². The Kier molecular flexibility index (Phi) is 6.56. The van der Waals surface area contributed by atoms with Crippen molar-refractivity contribution in [1.82, 2.24) is 0 Å². The maximum Gasteiger partial charge on any atom is 0.338 e. The molecule has 0 bridgehead atoms. The third kappa shape index (κ3) is 5.59. The monoisotopic (exact) mass is 379 g/mol. The second kappa shape index (κ2) is 8.65. The van der Waals surface area contributed by atoms with E-state index in [1.165, 1.54) is 18.2 Å². The fourth-order valence-corrected chi connectivity index (χ4v) is 2.48. The highest BCUT2D eigenvalue weighted by molar-refractivity contribution is 6.35. The Morgan fingerprint density at radius 1 is 0.960 bits per heavy atom. The molecule has 0 aliphatic heterocycles. The van der Waals surface area contributed by atoms with E-state index >= 15 is 0 Å². The second-order valence-electron chi connectivity index (χ2n) is 5.14. The molecule has 0 aliphatic carbocycles. The van der Waals surface area contributed by atoms with E-state index in [9.17, 15) is 14.4 Å². The zero-order valence-corrected chi connectivity index (χ0v) is 14.9. The molecule has 0 atom stereocenters. The minimum absolute atomic E-state index is 0.117. The summed E-state index contributed by atoms with van der Waals surface area (Å²) in [4.78, 5) is 35.3. The van der Waals surface area contributed by atoms with Crippen LogP contribution in [0, 0.1) is 0 Å². The summed E-state index contributed by atoms with van der Waals surface area (Å²) < 4.78 is 4.99. The fraction of sp³-hybridized carbons (Fsp3) is 0.167. The predicted molar refractivity (Wildman–Crippen MR) is 96.4 cm³/mol. The average Bonchev–Trinajstić information content (AvgIpc) is 2.59. The molecule has 2 rings (SSSR count). The Morgan fingerprint density at radius 2 is 1.56 bits per heavy atom. The van der Waals surface area contributed by atoms with Gasteiger partial charge in [-0.05, 0) is 42.5 Å². The smallest absolute Gasteiger partial charge is 0.338 e. The van der Waals surface area contributed by atoms with Crippen LogP contribution in [-0.4, -0.2) is 24.3 Å². The Labute approximate surface area is 154 Å². The highest BCUT2D eigenvalue weighted by Gasteiger charge is 2.13. The van der Waals surface area contributed by atoms with Gasteiger partial charge in [0.15, 0.2) is 12.4 Å². The molecular formula is C18H15Cl2NO4. The van der Waals surface area contributed by atoms with Gasteiger partial charge in [0.2, 0.25) is 5.91 Å². The van der Waals surface area contributed by atoms with Crippen LogP contribution in [-0.2, 0) is 9.53 Å². The first-order valence-corrected chi connectivity index (χ1v) is 8.21. The predicted octanol–water partition coefficient (Wildman–Crippen LogP) is 4.38. The van der Waals surface area contributed by atoms with Crippen LogP contribution in [0.1, 0.15) is 34.1 Å². The molecule has 7 heteroatoms. The van der Waals surface area contributed by atoms with Crippen LogP contribution in [0.3, 0.4) is 0 Å². The number of ketones is 1.